The number of aliphatic hydroxyl groups is 1. The summed E-state index contributed by atoms with van der Waals surface area (Å²) in [5.74, 6) is -0.0100. The standard InChI is InChI=1S/C17H17FN2O4S2/c18-11-3-1-2-10(6-11)7-14-16(23)20(17(24)26-14)5-4-15(22)19-12-8-25-9-13(12)21/h1-3,6-7,12-13,21H,4-5,8-9H2,(H,19,22). The summed E-state index contributed by atoms with van der Waals surface area (Å²) in [6, 6.07) is 5.42. The van der Waals surface area contributed by atoms with Gasteiger partial charge in [-0.2, -0.15) is 11.8 Å². The molecule has 0 spiro atoms. The molecule has 0 bridgehead atoms. The van der Waals surface area contributed by atoms with Crippen molar-refractivity contribution in [2.75, 3.05) is 18.1 Å². The van der Waals surface area contributed by atoms with Crippen LogP contribution in [0, 0.1) is 5.82 Å². The monoisotopic (exact) mass is 396 g/mol. The van der Waals surface area contributed by atoms with Gasteiger partial charge in [0.1, 0.15) is 5.82 Å². The number of carbonyl (C=O) groups excluding carboxylic acids is 3. The summed E-state index contributed by atoms with van der Waals surface area (Å²) in [5.41, 5.74) is 0.487. The minimum absolute atomic E-state index is 0.0286. The maximum atomic E-state index is 13.2. The van der Waals surface area contributed by atoms with E-state index in [-0.39, 0.29) is 29.8 Å². The van der Waals surface area contributed by atoms with E-state index in [9.17, 15) is 23.9 Å². The van der Waals surface area contributed by atoms with E-state index in [2.05, 4.69) is 5.32 Å². The van der Waals surface area contributed by atoms with Gasteiger partial charge in [0, 0.05) is 24.5 Å². The largest absolute Gasteiger partial charge is 0.390 e. The lowest BCUT2D eigenvalue weighted by Crippen LogP contribution is -2.43. The van der Waals surface area contributed by atoms with Crippen molar-refractivity contribution >= 4 is 46.7 Å². The Morgan fingerprint density at radius 2 is 2.19 bits per heavy atom. The van der Waals surface area contributed by atoms with Crippen molar-refractivity contribution in [3.05, 3.63) is 40.6 Å². The van der Waals surface area contributed by atoms with Crippen LogP contribution in [-0.4, -0.2) is 57.3 Å². The van der Waals surface area contributed by atoms with Gasteiger partial charge >= 0.3 is 0 Å². The number of nitrogens with zero attached hydrogens (tertiary/aromatic N) is 1. The Bertz CT molecular complexity index is 771. The molecule has 26 heavy (non-hydrogen) atoms. The molecule has 6 nitrogen and oxygen atoms in total. The number of carbonyl (C=O) groups is 3. The van der Waals surface area contributed by atoms with E-state index < -0.39 is 23.1 Å². The molecule has 2 saturated heterocycles. The fraction of sp³-hybridized carbons (Fsp3) is 0.353. The van der Waals surface area contributed by atoms with Gasteiger partial charge in [-0.25, -0.2) is 4.39 Å². The molecular weight excluding hydrogens is 379 g/mol. The zero-order valence-electron chi connectivity index (χ0n) is 13.7. The van der Waals surface area contributed by atoms with E-state index in [4.69, 9.17) is 0 Å². The van der Waals surface area contributed by atoms with Crippen LogP contribution in [0.3, 0.4) is 0 Å². The second-order valence-corrected chi connectivity index (χ2v) is 7.99. The van der Waals surface area contributed by atoms with Crippen molar-refractivity contribution in [3.8, 4) is 0 Å². The molecule has 3 amide bonds. The summed E-state index contributed by atoms with van der Waals surface area (Å²) in [5, 5.41) is 12.0. The van der Waals surface area contributed by atoms with Crippen molar-refractivity contribution in [1.29, 1.82) is 0 Å². The minimum Gasteiger partial charge on any atom is -0.390 e. The van der Waals surface area contributed by atoms with Gasteiger partial charge in [0.25, 0.3) is 11.1 Å². The Morgan fingerprint density at radius 1 is 1.38 bits per heavy atom. The van der Waals surface area contributed by atoms with Crippen molar-refractivity contribution < 1.29 is 23.9 Å². The first-order chi connectivity index (χ1) is 12.4. The first kappa shape index (κ1) is 18.9. The number of halogens is 1. The first-order valence-electron chi connectivity index (χ1n) is 8.00. The summed E-state index contributed by atoms with van der Waals surface area (Å²) >= 11 is 2.33. The fourth-order valence-electron chi connectivity index (χ4n) is 2.61. The molecule has 9 heteroatoms. The van der Waals surface area contributed by atoms with Crippen molar-refractivity contribution in [1.82, 2.24) is 10.2 Å². The van der Waals surface area contributed by atoms with Crippen molar-refractivity contribution in [2.45, 2.75) is 18.6 Å². The molecule has 0 aliphatic carbocycles. The fourth-order valence-corrected chi connectivity index (χ4v) is 4.65. The Hall–Kier alpha value is -1.84. The van der Waals surface area contributed by atoms with Crippen LogP contribution in [0.25, 0.3) is 6.08 Å². The van der Waals surface area contributed by atoms with E-state index in [1.165, 1.54) is 24.3 Å². The normalized spacial score (nSPS) is 24.5. The molecular formula is C17H17FN2O4S2. The minimum atomic E-state index is -0.574. The Morgan fingerprint density at radius 3 is 2.88 bits per heavy atom. The average Bonchev–Trinajstić information content (AvgIpc) is 3.10. The second kappa shape index (κ2) is 8.24. The van der Waals surface area contributed by atoms with Crippen LogP contribution in [0.4, 0.5) is 9.18 Å². The van der Waals surface area contributed by atoms with Crippen molar-refractivity contribution in [2.24, 2.45) is 0 Å². The van der Waals surface area contributed by atoms with Gasteiger partial charge in [0.2, 0.25) is 5.91 Å². The molecule has 1 aromatic carbocycles. The van der Waals surface area contributed by atoms with Gasteiger partial charge < -0.3 is 10.4 Å². The second-order valence-electron chi connectivity index (χ2n) is 5.92. The third-order valence-corrected chi connectivity index (χ3v) is 6.06. The SMILES string of the molecule is O=C(CCN1C(=O)SC(=Cc2cccc(F)c2)C1=O)NC1CSCC1O. The summed E-state index contributed by atoms with van der Waals surface area (Å²) in [7, 11) is 0. The third kappa shape index (κ3) is 4.46. The lowest BCUT2D eigenvalue weighted by atomic mass is 10.2. The number of imide groups is 1. The van der Waals surface area contributed by atoms with Crippen molar-refractivity contribution in [3.63, 3.8) is 0 Å². The predicted molar refractivity (Wildman–Crippen MR) is 99.0 cm³/mol. The smallest absolute Gasteiger partial charge is 0.293 e. The highest BCUT2D eigenvalue weighted by atomic mass is 32.2. The number of amides is 3. The van der Waals surface area contributed by atoms with Gasteiger partial charge in [0.05, 0.1) is 17.1 Å². The zero-order chi connectivity index (χ0) is 18.7. The quantitative estimate of drug-likeness (QED) is 0.739. The molecule has 2 aliphatic rings. The van der Waals surface area contributed by atoms with Crippen LogP contribution in [0.1, 0.15) is 12.0 Å². The van der Waals surface area contributed by atoms with Crippen LogP contribution in [-0.2, 0) is 9.59 Å². The third-order valence-electron chi connectivity index (χ3n) is 3.98. The van der Waals surface area contributed by atoms with E-state index in [1.807, 2.05) is 0 Å². The molecule has 2 heterocycles. The predicted octanol–water partition coefficient (Wildman–Crippen LogP) is 1.84. The molecule has 0 radical (unpaired) electrons. The Labute approximate surface area is 158 Å². The molecule has 2 atom stereocenters. The van der Waals surface area contributed by atoms with E-state index in [0.29, 0.717) is 17.1 Å². The first-order valence-corrected chi connectivity index (χ1v) is 9.97. The highest BCUT2D eigenvalue weighted by molar-refractivity contribution is 8.18. The summed E-state index contributed by atoms with van der Waals surface area (Å²) in [6.45, 7) is -0.0348. The van der Waals surface area contributed by atoms with Gasteiger partial charge in [-0.05, 0) is 35.5 Å². The number of benzene rings is 1. The van der Waals surface area contributed by atoms with Gasteiger partial charge in [-0.1, -0.05) is 12.1 Å². The maximum Gasteiger partial charge on any atom is 0.293 e. The number of nitrogens with one attached hydrogen (secondary N) is 1. The number of thioether (sulfide) groups is 2. The van der Waals surface area contributed by atoms with Crippen LogP contribution < -0.4 is 5.32 Å². The topological polar surface area (TPSA) is 86.7 Å². The number of hydrogen-bond acceptors (Lipinski definition) is 6. The number of hydrogen-bond donors (Lipinski definition) is 2. The maximum absolute atomic E-state index is 13.2. The molecule has 2 N–H and O–H groups in total. The molecule has 138 valence electrons. The van der Waals surface area contributed by atoms with E-state index >= 15 is 0 Å². The Balaban J connectivity index is 1.58. The molecule has 0 aromatic heterocycles. The molecule has 2 fully saturated rings. The van der Waals surface area contributed by atoms with Gasteiger partial charge in [0.15, 0.2) is 0 Å². The molecule has 2 unspecified atom stereocenters. The van der Waals surface area contributed by atoms with Gasteiger partial charge in [-0.3, -0.25) is 19.3 Å². The average molecular weight is 396 g/mol. The molecule has 3 rings (SSSR count). The van der Waals surface area contributed by atoms with Crippen LogP contribution >= 0.6 is 23.5 Å². The Kier molecular flexibility index (Phi) is 6.00. The van der Waals surface area contributed by atoms with Crippen LogP contribution in [0.15, 0.2) is 29.2 Å². The lowest BCUT2D eigenvalue weighted by molar-refractivity contribution is -0.124. The van der Waals surface area contributed by atoms with E-state index in [0.717, 1.165) is 16.7 Å². The number of aliphatic hydroxyl groups excluding tert-OH is 1. The summed E-state index contributed by atoms with van der Waals surface area (Å²) in [6.07, 6.45) is 0.856. The van der Waals surface area contributed by atoms with Crippen LogP contribution in [0.5, 0.6) is 0 Å². The van der Waals surface area contributed by atoms with Crippen LogP contribution in [0.2, 0.25) is 0 Å². The van der Waals surface area contributed by atoms with E-state index in [1.54, 1.807) is 17.8 Å². The molecule has 0 saturated carbocycles. The number of rotatable bonds is 5. The molecule has 1 aromatic rings. The zero-order valence-corrected chi connectivity index (χ0v) is 15.3. The summed E-state index contributed by atoms with van der Waals surface area (Å²) < 4.78 is 13.2. The molecule has 2 aliphatic heterocycles. The highest BCUT2D eigenvalue weighted by Crippen LogP contribution is 2.32. The lowest BCUT2D eigenvalue weighted by Gasteiger charge is -2.17. The highest BCUT2D eigenvalue weighted by Gasteiger charge is 2.35. The summed E-state index contributed by atoms with van der Waals surface area (Å²) in [4.78, 5) is 37.6. The van der Waals surface area contributed by atoms with Gasteiger partial charge in [-0.15, -0.1) is 0 Å².